The van der Waals surface area contributed by atoms with Crippen LogP contribution >= 0.6 is 0 Å². The van der Waals surface area contributed by atoms with E-state index in [1.807, 2.05) is 0 Å². The van der Waals surface area contributed by atoms with Gasteiger partial charge in [0, 0.05) is 25.9 Å². The van der Waals surface area contributed by atoms with Gasteiger partial charge in [-0.2, -0.15) is 27.1 Å². The van der Waals surface area contributed by atoms with Gasteiger partial charge in [0.1, 0.15) is 0 Å². The Hall–Kier alpha value is -1.80. The second-order valence-corrected chi connectivity index (χ2v) is 28.7. The van der Waals surface area contributed by atoms with E-state index in [-0.39, 0.29) is 144 Å². The minimum absolute atomic E-state index is 0.0598. The van der Waals surface area contributed by atoms with Gasteiger partial charge in [0.15, 0.2) is 0 Å². The van der Waals surface area contributed by atoms with Gasteiger partial charge in [-0.15, -0.1) is 0 Å². The quantitative estimate of drug-likeness (QED) is 0.0633. The molecule has 8 aliphatic rings. The van der Waals surface area contributed by atoms with E-state index >= 15 is 0 Å². The van der Waals surface area contributed by atoms with Crippen molar-refractivity contribution in [3.05, 3.63) is 0 Å². The maximum atomic E-state index is 12.8. The minimum atomic E-state index is -4.18. The topological polar surface area (TPSA) is 273 Å². The number of hydrogen-bond donors (Lipinski definition) is 8. The van der Waals surface area contributed by atoms with Crippen LogP contribution in [0.15, 0.2) is 10.2 Å². The van der Waals surface area contributed by atoms with Crippen molar-refractivity contribution < 1.29 is 56.0 Å². The summed E-state index contributed by atoms with van der Waals surface area (Å²) in [7, 11) is -8.37. The Bertz CT molecular complexity index is 2020. The average Bonchev–Trinajstić information content (AvgIpc) is 3.83. The second kappa shape index (κ2) is 20.4. The lowest BCUT2D eigenvalue weighted by Gasteiger charge is -2.64. The number of rotatable bonds is 16. The number of aliphatic hydroxyl groups excluding tert-OH is 4. The highest BCUT2D eigenvalue weighted by Crippen LogP contribution is 2.71. The molecule has 8 fully saturated rings. The standard InChI is InChI=1S/C52H88N4O12S2/c1-29(7-13-45(61)53-19-21-69(63,64)65)35-9-11-37-47-39(27-43(59)51(35,37)5)49(3)17-15-33(57)23-31(49)25-41(47)55-56-42-26-32-24-34(58)16-18-50(32,4)40-28-44(60)52(6)36(10-12-38(52)48(40)42)30(2)8-14-46(62)54-20-22-70(66,67)68/h29-44,47-48,57-60H,7-28H2,1-6H3,(H,53,61)(H,54,62)(H,63,64,65)(H,66,67,68)/t29-,30-,31?,32?,33-,34-,35-,36-,37+,38+,39+,40+,41?,42?,43+,44+,47+,48+,49+,50+,51-,52-/m1/s1. The zero-order valence-corrected chi connectivity index (χ0v) is 44.4. The lowest BCUT2D eigenvalue weighted by Crippen LogP contribution is -2.62. The Kier molecular flexibility index (Phi) is 15.9. The molecule has 70 heavy (non-hydrogen) atoms. The normalized spacial score (nSPS) is 46.6. The van der Waals surface area contributed by atoms with Gasteiger partial charge in [-0.25, -0.2) is 0 Å². The van der Waals surface area contributed by atoms with Gasteiger partial charge in [0.25, 0.3) is 20.2 Å². The summed E-state index contributed by atoms with van der Waals surface area (Å²) in [4.78, 5) is 25.6. The molecule has 0 spiro atoms. The molecule has 0 aromatic heterocycles. The monoisotopic (exact) mass is 1020 g/mol. The van der Waals surface area contributed by atoms with E-state index in [9.17, 15) is 46.9 Å². The van der Waals surface area contributed by atoms with Gasteiger partial charge in [-0.3, -0.25) is 18.7 Å². The Morgan fingerprint density at radius 3 is 1.29 bits per heavy atom. The van der Waals surface area contributed by atoms with Gasteiger partial charge in [-0.05, 0) is 195 Å². The van der Waals surface area contributed by atoms with E-state index in [0.29, 0.717) is 38.5 Å². The molecule has 22 atom stereocenters. The fourth-order valence-corrected chi connectivity index (χ4v) is 19.3. The number of aliphatic hydroxyl groups is 4. The molecular weight excluding hydrogens is 937 g/mol. The summed E-state index contributed by atoms with van der Waals surface area (Å²) < 4.78 is 63.1. The van der Waals surface area contributed by atoms with E-state index < -0.39 is 54.8 Å². The number of fused-ring (bicyclic) bond motifs is 10. The summed E-state index contributed by atoms with van der Waals surface area (Å²) >= 11 is 0. The van der Waals surface area contributed by atoms with E-state index in [0.717, 1.165) is 64.2 Å². The zero-order valence-electron chi connectivity index (χ0n) is 42.8. The Labute approximate surface area is 418 Å². The number of carbonyl (C=O) groups excluding carboxylic acids is 2. The van der Waals surface area contributed by atoms with Crippen LogP contribution in [-0.2, 0) is 29.8 Å². The molecule has 0 aromatic carbocycles. The van der Waals surface area contributed by atoms with Crippen LogP contribution in [0.4, 0.5) is 0 Å². The first-order valence-electron chi connectivity index (χ1n) is 27.3. The smallest absolute Gasteiger partial charge is 0.266 e. The molecule has 18 heteroatoms. The van der Waals surface area contributed by atoms with Crippen LogP contribution in [0.25, 0.3) is 0 Å². The van der Waals surface area contributed by atoms with Gasteiger partial charge < -0.3 is 31.1 Å². The summed E-state index contributed by atoms with van der Waals surface area (Å²) in [6.45, 7) is 13.4. The molecule has 400 valence electrons. The maximum absolute atomic E-state index is 12.8. The number of nitrogens with one attached hydrogen (secondary N) is 2. The molecule has 0 saturated heterocycles. The van der Waals surface area contributed by atoms with Crippen molar-refractivity contribution in [1.29, 1.82) is 0 Å². The van der Waals surface area contributed by atoms with Crippen molar-refractivity contribution in [2.75, 3.05) is 24.6 Å². The van der Waals surface area contributed by atoms with Crippen LogP contribution in [0.1, 0.15) is 157 Å². The van der Waals surface area contributed by atoms with Crippen LogP contribution in [0.2, 0.25) is 0 Å². The van der Waals surface area contributed by atoms with E-state index in [1.54, 1.807) is 0 Å². The predicted molar refractivity (Wildman–Crippen MR) is 264 cm³/mol. The molecule has 8 rings (SSSR count). The van der Waals surface area contributed by atoms with Crippen molar-refractivity contribution in [1.82, 2.24) is 10.6 Å². The van der Waals surface area contributed by atoms with E-state index in [1.165, 1.54) is 0 Å². The molecule has 0 bridgehead atoms. The van der Waals surface area contributed by atoms with Gasteiger partial charge in [-0.1, -0.05) is 41.5 Å². The largest absolute Gasteiger partial charge is 0.393 e. The summed E-state index contributed by atoms with van der Waals surface area (Å²) in [5.41, 5.74) is -0.951. The molecule has 0 radical (unpaired) electrons. The van der Waals surface area contributed by atoms with Gasteiger partial charge >= 0.3 is 0 Å². The SMILES string of the molecule is C[C@H](CCC(=O)NCCS(=O)(=O)O)[C@H]1CC[C@H]2[C@@H]3C(N=NC4CC5C[C@H](O)CC[C@]5(C)[C@H]5C[C@H](O)[C@]6(C)[C@@H]([C@H](C)CCC(=O)NCCS(=O)(=O)O)CC[C@H]6[C@H]45)CC4C[C@H](O)CC[C@]4(C)[C@H]3C[C@H](O)[C@]12C. The molecular formula is C52H88N4O12S2. The Balaban J connectivity index is 1.06. The maximum Gasteiger partial charge on any atom is 0.266 e. The highest BCUT2D eigenvalue weighted by atomic mass is 32.2. The number of carbonyl (C=O) groups is 2. The number of azo groups is 1. The molecule has 0 aliphatic heterocycles. The number of hydrogen-bond acceptors (Lipinski definition) is 12. The van der Waals surface area contributed by atoms with Crippen LogP contribution in [0.3, 0.4) is 0 Å². The first-order valence-corrected chi connectivity index (χ1v) is 30.5. The molecule has 8 N–H and O–H groups in total. The predicted octanol–water partition coefficient (Wildman–Crippen LogP) is 6.22. The van der Waals surface area contributed by atoms with Crippen molar-refractivity contribution in [3.63, 3.8) is 0 Å². The Morgan fingerprint density at radius 2 is 0.929 bits per heavy atom. The first-order chi connectivity index (χ1) is 32.7. The highest BCUT2D eigenvalue weighted by Gasteiger charge is 2.68. The van der Waals surface area contributed by atoms with Crippen LogP contribution in [0, 0.1) is 92.7 Å². The third kappa shape index (κ3) is 10.3. The number of nitrogens with zero attached hydrogens (tertiary/aromatic N) is 2. The molecule has 8 aliphatic carbocycles. The van der Waals surface area contributed by atoms with Crippen molar-refractivity contribution in [2.24, 2.45) is 103 Å². The highest BCUT2D eigenvalue weighted by molar-refractivity contribution is 7.86. The number of amides is 2. The summed E-state index contributed by atoms with van der Waals surface area (Å²) in [6, 6.07) is -0.200. The average molecular weight is 1030 g/mol. The van der Waals surface area contributed by atoms with E-state index in [2.05, 4.69) is 52.2 Å². The molecule has 0 aromatic rings. The lowest BCUT2D eigenvalue weighted by atomic mass is 9.42. The third-order valence-corrected chi connectivity index (χ3v) is 23.9. The molecule has 8 saturated carbocycles. The van der Waals surface area contributed by atoms with Gasteiger partial charge in [0.05, 0.1) is 48.0 Å². The summed E-state index contributed by atoms with van der Waals surface area (Å²) in [6.07, 6.45) is 11.2. The van der Waals surface area contributed by atoms with Crippen LogP contribution < -0.4 is 10.6 Å². The minimum Gasteiger partial charge on any atom is -0.393 e. The Morgan fingerprint density at radius 1 is 0.557 bits per heavy atom. The van der Waals surface area contributed by atoms with Crippen molar-refractivity contribution >= 4 is 32.1 Å². The molecule has 4 unspecified atom stereocenters. The first kappa shape index (κ1) is 54.5. The molecule has 2 amide bonds. The fraction of sp³-hybridized carbons (Fsp3) is 0.962. The molecule has 16 nitrogen and oxygen atoms in total. The van der Waals surface area contributed by atoms with Crippen molar-refractivity contribution in [2.45, 2.75) is 194 Å². The molecule has 0 heterocycles. The van der Waals surface area contributed by atoms with Gasteiger partial charge in [0.2, 0.25) is 11.8 Å². The summed E-state index contributed by atoms with van der Waals surface area (Å²) in [5.74, 6) is 0.554. The van der Waals surface area contributed by atoms with E-state index in [4.69, 9.17) is 19.3 Å². The zero-order chi connectivity index (χ0) is 50.9. The van der Waals surface area contributed by atoms with Crippen LogP contribution in [-0.4, -0.2) is 119 Å². The van der Waals surface area contributed by atoms with Crippen molar-refractivity contribution in [3.8, 4) is 0 Å². The lowest BCUT2D eigenvalue weighted by molar-refractivity contribution is -0.184. The second-order valence-electron chi connectivity index (χ2n) is 25.6. The summed E-state index contributed by atoms with van der Waals surface area (Å²) in [5, 5.41) is 63.8. The third-order valence-electron chi connectivity index (χ3n) is 22.4. The van der Waals surface area contributed by atoms with Crippen LogP contribution in [0.5, 0.6) is 0 Å². The fourth-order valence-electron chi connectivity index (χ4n) is 18.6.